The molecular weight excluding hydrogens is 299 g/mol. The fourth-order valence-electron chi connectivity index (χ4n) is 1.74. The van der Waals surface area contributed by atoms with E-state index < -0.39 is 5.97 Å². The number of para-hydroxylation sites is 1. The molecule has 0 radical (unpaired) electrons. The topological polar surface area (TPSA) is 43.4 Å². The number of esters is 1. The molecule has 0 aromatic heterocycles. The molecule has 0 bridgehead atoms. The number of rotatable bonds is 3. The Labute approximate surface area is 126 Å². The Morgan fingerprint density at radius 3 is 2.20 bits per heavy atom. The monoisotopic (exact) mass is 308 g/mol. The summed E-state index contributed by atoms with van der Waals surface area (Å²) in [5, 5.41) is 0.733. The van der Waals surface area contributed by atoms with Crippen LogP contribution in [0.2, 0.25) is 10.0 Å². The lowest BCUT2D eigenvalue weighted by Gasteiger charge is -2.08. The molecule has 2 aromatic rings. The molecule has 0 aliphatic carbocycles. The van der Waals surface area contributed by atoms with Gasteiger partial charge in [-0.05, 0) is 30.3 Å². The maximum Gasteiger partial charge on any atom is 0.308 e. The third kappa shape index (κ3) is 3.38. The van der Waals surface area contributed by atoms with Crippen molar-refractivity contribution >= 4 is 35.0 Å². The first-order chi connectivity index (χ1) is 9.47. The lowest BCUT2D eigenvalue weighted by Crippen LogP contribution is -2.08. The minimum atomic E-state index is -0.491. The van der Waals surface area contributed by atoms with Crippen molar-refractivity contribution in [2.24, 2.45) is 0 Å². The number of carbonyl (C=O) groups is 2. The van der Waals surface area contributed by atoms with E-state index >= 15 is 0 Å². The van der Waals surface area contributed by atoms with Gasteiger partial charge in [-0.15, -0.1) is 0 Å². The summed E-state index contributed by atoms with van der Waals surface area (Å²) in [4.78, 5) is 23.5. The van der Waals surface area contributed by atoms with Gasteiger partial charge in [-0.1, -0.05) is 35.3 Å². The van der Waals surface area contributed by atoms with Crippen molar-refractivity contribution in [3.05, 3.63) is 63.6 Å². The highest BCUT2D eigenvalue weighted by Crippen LogP contribution is 2.25. The van der Waals surface area contributed by atoms with Crippen LogP contribution in [0.4, 0.5) is 0 Å². The molecule has 2 aromatic carbocycles. The molecule has 20 heavy (non-hydrogen) atoms. The van der Waals surface area contributed by atoms with Gasteiger partial charge in [-0.2, -0.15) is 0 Å². The first-order valence-electron chi connectivity index (χ1n) is 5.75. The number of carbonyl (C=O) groups excluding carboxylic acids is 2. The normalized spacial score (nSPS) is 10.2. The Kier molecular flexibility index (Phi) is 4.42. The molecule has 0 N–H and O–H groups in total. The molecule has 0 fully saturated rings. The van der Waals surface area contributed by atoms with E-state index in [1.165, 1.54) is 25.1 Å². The van der Waals surface area contributed by atoms with Gasteiger partial charge in [0, 0.05) is 22.5 Å². The van der Waals surface area contributed by atoms with Crippen LogP contribution in [0.5, 0.6) is 5.75 Å². The van der Waals surface area contributed by atoms with Crippen LogP contribution in [0.3, 0.4) is 0 Å². The molecule has 0 heterocycles. The second kappa shape index (κ2) is 6.07. The first-order valence-corrected chi connectivity index (χ1v) is 6.51. The largest absolute Gasteiger partial charge is 0.426 e. The standard InChI is InChI=1S/C15H10Cl2O3/c1-9(18)20-14-5-3-2-4-13(14)15(19)10-6-11(16)8-12(17)7-10/h2-8H,1H3. The summed E-state index contributed by atoms with van der Waals surface area (Å²) in [5.41, 5.74) is 0.614. The second-order valence-corrected chi connectivity index (χ2v) is 4.95. The number of benzene rings is 2. The van der Waals surface area contributed by atoms with Crippen LogP contribution in [0, 0.1) is 0 Å². The van der Waals surface area contributed by atoms with Crippen LogP contribution in [0.15, 0.2) is 42.5 Å². The van der Waals surface area contributed by atoms with Gasteiger partial charge in [0.25, 0.3) is 0 Å². The van der Waals surface area contributed by atoms with E-state index in [0.29, 0.717) is 15.6 Å². The Balaban J connectivity index is 2.45. The highest BCUT2D eigenvalue weighted by molar-refractivity contribution is 6.35. The summed E-state index contributed by atoms with van der Waals surface area (Å²) >= 11 is 11.8. The van der Waals surface area contributed by atoms with E-state index in [2.05, 4.69) is 0 Å². The lowest BCUT2D eigenvalue weighted by molar-refractivity contribution is -0.131. The number of halogens is 2. The molecular formula is C15H10Cl2O3. The first kappa shape index (κ1) is 14.6. The van der Waals surface area contributed by atoms with Crippen LogP contribution < -0.4 is 4.74 Å². The van der Waals surface area contributed by atoms with Gasteiger partial charge in [0.15, 0.2) is 5.78 Å². The zero-order valence-electron chi connectivity index (χ0n) is 10.5. The SMILES string of the molecule is CC(=O)Oc1ccccc1C(=O)c1cc(Cl)cc(Cl)c1. The van der Waals surface area contributed by atoms with Crippen LogP contribution in [0.1, 0.15) is 22.8 Å². The zero-order valence-corrected chi connectivity index (χ0v) is 12.0. The van der Waals surface area contributed by atoms with E-state index in [-0.39, 0.29) is 17.1 Å². The van der Waals surface area contributed by atoms with Gasteiger partial charge >= 0.3 is 5.97 Å². The maximum atomic E-state index is 12.4. The van der Waals surface area contributed by atoms with Crippen molar-refractivity contribution in [3.63, 3.8) is 0 Å². The highest BCUT2D eigenvalue weighted by Gasteiger charge is 2.16. The van der Waals surface area contributed by atoms with Gasteiger partial charge < -0.3 is 4.74 Å². The highest BCUT2D eigenvalue weighted by atomic mass is 35.5. The Morgan fingerprint density at radius 1 is 1.00 bits per heavy atom. The van der Waals surface area contributed by atoms with Crippen molar-refractivity contribution in [2.75, 3.05) is 0 Å². The Morgan fingerprint density at radius 2 is 1.60 bits per heavy atom. The van der Waals surface area contributed by atoms with Crippen molar-refractivity contribution in [2.45, 2.75) is 6.92 Å². The zero-order chi connectivity index (χ0) is 14.7. The van der Waals surface area contributed by atoms with Crippen LogP contribution in [-0.4, -0.2) is 11.8 Å². The van der Waals surface area contributed by atoms with Crippen molar-refractivity contribution in [1.29, 1.82) is 0 Å². The average Bonchev–Trinajstić information content (AvgIpc) is 2.36. The number of ketones is 1. The van der Waals surface area contributed by atoms with Gasteiger partial charge in [-0.25, -0.2) is 0 Å². The number of hydrogen-bond donors (Lipinski definition) is 0. The molecule has 0 saturated heterocycles. The summed E-state index contributed by atoms with van der Waals surface area (Å²) in [6.07, 6.45) is 0. The fraction of sp³-hybridized carbons (Fsp3) is 0.0667. The quantitative estimate of drug-likeness (QED) is 0.486. The van der Waals surface area contributed by atoms with Crippen molar-refractivity contribution in [1.82, 2.24) is 0 Å². The van der Waals surface area contributed by atoms with Crippen LogP contribution >= 0.6 is 23.2 Å². The van der Waals surface area contributed by atoms with E-state index in [1.54, 1.807) is 24.3 Å². The van der Waals surface area contributed by atoms with Gasteiger partial charge in [-0.3, -0.25) is 9.59 Å². The summed E-state index contributed by atoms with van der Waals surface area (Å²) in [6, 6.07) is 11.1. The molecule has 0 aliphatic heterocycles. The molecule has 0 amide bonds. The summed E-state index contributed by atoms with van der Waals surface area (Å²) in [5.74, 6) is -0.596. The van der Waals surface area contributed by atoms with E-state index in [0.717, 1.165) is 0 Å². The van der Waals surface area contributed by atoms with Crippen molar-refractivity contribution < 1.29 is 14.3 Å². The maximum absolute atomic E-state index is 12.4. The molecule has 3 nitrogen and oxygen atoms in total. The van der Waals surface area contributed by atoms with Gasteiger partial charge in [0.1, 0.15) is 5.75 Å². The van der Waals surface area contributed by atoms with Crippen molar-refractivity contribution in [3.8, 4) is 5.75 Å². The fourth-order valence-corrected chi connectivity index (χ4v) is 2.26. The predicted octanol–water partition coefficient (Wildman–Crippen LogP) is 4.15. The third-order valence-electron chi connectivity index (χ3n) is 2.51. The molecule has 5 heteroatoms. The van der Waals surface area contributed by atoms with Crippen LogP contribution in [0.25, 0.3) is 0 Å². The van der Waals surface area contributed by atoms with Gasteiger partial charge in [0.05, 0.1) is 5.56 Å². The van der Waals surface area contributed by atoms with Crippen LogP contribution in [-0.2, 0) is 4.79 Å². The molecule has 102 valence electrons. The molecule has 0 saturated carbocycles. The predicted molar refractivity (Wildman–Crippen MR) is 77.6 cm³/mol. The second-order valence-electron chi connectivity index (χ2n) is 4.08. The summed E-state index contributed by atoms with van der Waals surface area (Å²) < 4.78 is 5.02. The van der Waals surface area contributed by atoms with E-state index in [4.69, 9.17) is 27.9 Å². The minimum absolute atomic E-state index is 0.209. The number of ether oxygens (including phenoxy) is 1. The Bertz CT molecular complexity index is 660. The lowest BCUT2D eigenvalue weighted by atomic mass is 10.0. The molecule has 0 aliphatic rings. The third-order valence-corrected chi connectivity index (χ3v) is 2.95. The van der Waals surface area contributed by atoms with E-state index in [1.807, 2.05) is 0 Å². The molecule has 0 spiro atoms. The van der Waals surface area contributed by atoms with E-state index in [9.17, 15) is 9.59 Å². The molecule has 0 atom stereocenters. The summed E-state index contributed by atoms with van der Waals surface area (Å²) in [7, 11) is 0. The smallest absolute Gasteiger partial charge is 0.308 e. The molecule has 2 rings (SSSR count). The summed E-state index contributed by atoms with van der Waals surface area (Å²) in [6.45, 7) is 1.28. The number of hydrogen-bond acceptors (Lipinski definition) is 3. The minimum Gasteiger partial charge on any atom is -0.426 e. The molecule has 0 unspecified atom stereocenters. The Hall–Kier alpha value is -1.84. The van der Waals surface area contributed by atoms with Gasteiger partial charge in [0.2, 0.25) is 0 Å². The average molecular weight is 309 g/mol.